The number of benzene rings is 1. The summed E-state index contributed by atoms with van der Waals surface area (Å²) in [6, 6.07) is 10.3. The molecule has 0 fully saturated rings. The van der Waals surface area contributed by atoms with Gasteiger partial charge in [-0.2, -0.15) is 10.2 Å². The van der Waals surface area contributed by atoms with Crippen molar-refractivity contribution < 1.29 is 19.2 Å². The number of hydrogen-bond acceptors (Lipinski definition) is 8. The predicted molar refractivity (Wildman–Crippen MR) is 114 cm³/mol. The maximum atomic E-state index is 12.3. The molecule has 0 saturated heterocycles. The molecule has 11 heteroatoms. The Morgan fingerprint density at radius 3 is 2.65 bits per heavy atom. The van der Waals surface area contributed by atoms with Crippen molar-refractivity contribution in [3.8, 4) is 5.75 Å². The Hall–Kier alpha value is -3.86. The van der Waals surface area contributed by atoms with E-state index in [1.165, 1.54) is 29.9 Å². The van der Waals surface area contributed by atoms with Gasteiger partial charge in [0.2, 0.25) is 0 Å². The molecule has 0 aliphatic heterocycles. The van der Waals surface area contributed by atoms with Crippen LogP contribution in [0.1, 0.15) is 33.5 Å². The largest absolute Gasteiger partial charge is 0.422 e. The molecular formula is C20H19N5O5S. The van der Waals surface area contributed by atoms with Crippen molar-refractivity contribution in [2.45, 2.75) is 27.3 Å². The fraction of sp³-hybridized carbons (Fsp3) is 0.200. The lowest BCUT2D eigenvalue weighted by molar-refractivity contribution is -0.386. The molecule has 0 aliphatic carbocycles. The van der Waals surface area contributed by atoms with Crippen LogP contribution in [0.15, 0.2) is 46.9 Å². The van der Waals surface area contributed by atoms with Crippen LogP contribution in [0.2, 0.25) is 0 Å². The van der Waals surface area contributed by atoms with Crippen molar-refractivity contribution in [1.29, 1.82) is 0 Å². The number of ether oxygens (including phenoxy) is 1. The zero-order valence-electron chi connectivity index (χ0n) is 17.0. The van der Waals surface area contributed by atoms with Gasteiger partial charge in [0.15, 0.2) is 0 Å². The van der Waals surface area contributed by atoms with Gasteiger partial charge in [-0.05, 0) is 44.4 Å². The number of nitrogens with one attached hydrogen (secondary N) is 1. The zero-order chi connectivity index (χ0) is 22.5. The molecule has 0 atom stereocenters. The van der Waals surface area contributed by atoms with E-state index in [-0.39, 0.29) is 23.6 Å². The first-order chi connectivity index (χ1) is 14.8. The van der Waals surface area contributed by atoms with Crippen molar-refractivity contribution in [3.63, 3.8) is 0 Å². The number of aryl methyl sites for hydroxylation is 1. The Labute approximate surface area is 181 Å². The molecule has 1 amide bonds. The van der Waals surface area contributed by atoms with E-state index in [1.807, 2.05) is 0 Å². The maximum absolute atomic E-state index is 12.3. The lowest BCUT2D eigenvalue weighted by Gasteiger charge is -2.09. The van der Waals surface area contributed by atoms with Crippen LogP contribution in [-0.4, -0.2) is 32.3 Å². The minimum Gasteiger partial charge on any atom is -0.422 e. The van der Waals surface area contributed by atoms with Crippen LogP contribution in [0.3, 0.4) is 0 Å². The highest BCUT2D eigenvalue weighted by atomic mass is 32.1. The van der Waals surface area contributed by atoms with E-state index in [4.69, 9.17) is 4.74 Å². The molecule has 0 radical (unpaired) electrons. The number of nitrogens with zero attached hydrogens (tertiary/aromatic N) is 4. The summed E-state index contributed by atoms with van der Waals surface area (Å²) in [6.07, 6.45) is 0. The topological polar surface area (TPSA) is 129 Å². The number of hydrazone groups is 1. The first-order valence-electron chi connectivity index (χ1n) is 9.14. The smallest absolute Gasteiger partial charge is 0.353 e. The highest BCUT2D eigenvalue weighted by molar-refractivity contribution is 7.12. The van der Waals surface area contributed by atoms with Crippen LogP contribution >= 0.6 is 11.3 Å². The fourth-order valence-corrected chi connectivity index (χ4v) is 3.48. The van der Waals surface area contributed by atoms with Crippen molar-refractivity contribution >= 4 is 34.6 Å². The molecule has 10 nitrogen and oxygen atoms in total. The Balaban J connectivity index is 1.71. The van der Waals surface area contributed by atoms with Crippen LogP contribution < -0.4 is 10.2 Å². The summed E-state index contributed by atoms with van der Waals surface area (Å²) in [5.74, 6) is -0.677. The average molecular weight is 441 g/mol. The van der Waals surface area contributed by atoms with Crippen LogP contribution in [0.4, 0.5) is 5.69 Å². The number of hydrogen-bond donors (Lipinski definition) is 1. The highest BCUT2D eigenvalue weighted by Crippen LogP contribution is 2.22. The van der Waals surface area contributed by atoms with E-state index < -0.39 is 16.8 Å². The number of esters is 1. The van der Waals surface area contributed by atoms with E-state index in [0.717, 1.165) is 0 Å². The fourth-order valence-electron chi connectivity index (χ4n) is 2.88. The molecule has 2 heterocycles. The summed E-state index contributed by atoms with van der Waals surface area (Å²) in [5, 5.41) is 21.0. The van der Waals surface area contributed by atoms with E-state index in [2.05, 4.69) is 15.6 Å². The third kappa shape index (κ3) is 5.01. The number of aromatic nitrogens is 2. The molecule has 31 heavy (non-hydrogen) atoms. The number of carbonyl (C=O) groups excluding carboxylic acids is 2. The lowest BCUT2D eigenvalue weighted by atomic mass is 10.1. The molecule has 0 spiro atoms. The minimum atomic E-state index is -0.525. The van der Waals surface area contributed by atoms with Crippen LogP contribution in [0.5, 0.6) is 5.75 Å². The standard InChI is InChI=1S/C20H19N5O5S/c1-12(15-7-4-5-8-16(15)30-20(27)17-9-6-10-31-17)21-22-18(26)11-24-14(3)19(25(28)29)13(2)23-24/h4-10H,11H2,1-3H3,(H,22,26). The van der Waals surface area contributed by atoms with Crippen LogP contribution in [-0.2, 0) is 11.3 Å². The number of carbonyl (C=O) groups is 2. The SMILES string of the molecule is CC(=NNC(=O)Cn1nc(C)c([N+](=O)[O-])c1C)c1ccccc1OC(=O)c1cccs1. The number of thiophene rings is 1. The first kappa shape index (κ1) is 21.8. The van der Waals surface area contributed by atoms with Crippen molar-refractivity contribution in [2.24, 2.45) is 5.10 Å². The minimum absolute atomic E-state index is 0.117. The van der Waals surface area contributed by atoms with Gasteiger partial charge in [0.25, 0.3) is 5.91 Å². The molecule has 3 rings (SSSR count). The van der Waals surface area contributed by atoms with Gasteiger partial charge in [0, 0.05) is 5.56 Å². The van der Waals surface area contributed by atoms with E-state index in [9.17, 15) is 19.7 Å². The van der Waals surface area contributed by atoms with Gasteiger partial charge in [-0.3, -0.25) is 19.6 Å². The van der Waals surface area contributed by atoms with Gasteiger partial charge in [-0.25, -0.2) is 10.2 Å². The molecule has 0 unspecified atom stereocenters. The Morgan fingerprint density at radius 2 is 2.00 bits per heavy atom. The molecule has 160 valence electrons. The molecule has 1 N–H and O–H groups in total. The second-order valence-electron chi connectivity index (χ2n) is 6.53. The summed E-state index contributed by atoms with van der Waals surface area (Å²) in [6.45, 7) is 4.47. The Morgan fingerprint density at radius 1 is 1.26 bits per heavy atom. The van der Waals surface area contributed by atoms with Gasteiger partial charge in [0.1, 0.15) is 28.6 Å². The summed E-state index contributed by atoms with van der Waals surface area (Å²) in [5.41, 5.74) is 3.76. The molecule has 0 bridgehead atoms. The predicted octanol–water partition coefficient (Wildman–Crippen LogP) is 3.23. The number of nitro groups is 1. The van der Waals surface area contributed by atoms with Crippen molar-refractivity contribution in [1.82, 2.24) is 15.2 Å². The quantitative estimate of drug-likeness (QED) is 0.197. The molecule has 3 aromatic rings. The van der Waals surface area contributed by atoms with Gasteiger partial charge in [0.05, 0.1) is 10.6 Å². The van der Waals surface area contributed by atoms with E-state index in [1.54, 1.807) is 48.7 Å². The number of rotatable bonds is 7. The summed E-state index contributed by atoms with van der Waals surface area (Å²) < 4.78 is 6.72. The van der Waals surface area contributed by atoms with Crippen molar-refractivity contribution in [2.75, 3.05) is 0 Å². The van der Waals surface area contributed by atoms with E-state index in [0.29, 0.717) is 21.9 Å². The zero-order valence-corrected chi connectivity index (χ0v) is 17.8. The molecule has 1 aromatic carbocycles. The monoisotopic (exact) mass is 441 g/mol. The molecule has 2 aromatic heterocycles. The third-order valence-corrected chi connectivity index (χ3v) is 5.22. The lowest BCUT2D eigenvalue weighted by Crippen LogP contribution is -2.25. The van der Waals surface area contributed by atoms with E-state index >= 15 is 0 Å². The van der Waals surface area contributed by atoms with Crippen LogP contribution in [0.25, 0.3) is 0 Å². The summed E-state index contributed by atoms with van der Waals surface area (Å²) in [4.78, 5) is 35.6. The number of para-hydroxylation sites is 1. The Kier molecular flexibility index (Phi) is 6.55. The normalized spacial score (nSPS) is 11.3. The highest BCUT2D eigenvalue weighted by Gasteiger charge is 2.22. The third-order valence-electron chi connectivity index (χ3n) is 4.37. The van der Waals surface area contributed by atoms with Crippen LogP contribution in [0, 0.1) is 24.0 Å². The van der Waals surface area contributed by atoms with Crippen molar-refractivity contribution in [3.05, 3.63) is 73.7 Å². The van der Waals surface area contributed by atoms with Gasteiger partial charge < -0.3 is 4.74 Å². The summed E-state index contributed by atoms with van der Waals surface area (Å²) in [7, 11) is 0. The summed E-state index contributed by atoms with van der Waals surface area (Å²) >= 11 is 1.27. The van der Waals surface area contributed by atoms with Gasteiger partial charge >= 0.3 is 11.7 Å². The molecular weight excluding hydrogens is 422 g/mol. The number of amides is 1. The molecule has 0 saturated carbocycles. The van der Waals surface area contributed by atoms with Gasteiger partial charge in [-0.15, -0.1) is 11.3 Å². The maximum Gasteiger partial charge on any atom is 0.353 e. The second-order valence-corrected chi connectivity index (χ2v) is 7.48. The second kappa shape index (κ2) is 9.30. The average Bonchev–Trinajstić information content (AvgIpc) is 3.35. The first-order valence-corrected chi connectivity index (χ1v) is 10.0. The molecule has 0 aliphatic rings. The van der Waals surface area contributed by atoms with Gasteiger partial charge in [-0.1, -0.05) is 18.2 Å². The Bertz CT molecular complexity index is 1170.